The van der Waals surface area contributed by atoms with Gasteiger partial charge in [0.1, 0.15) is 5.75 Å². The number of carbonyl (C=O) groups excluding carboxylic acids is 1. The maximum Gasteiger partial charge on any atom is 0.329 e. The van der Waals surface area contributed by atoms with E-state index in [0.717, 1.165) is 23.6 Å². The zero-order valence-electron chi connectivity index (χ0n) is 12.3. The molecule has 0 aliphatic carbocycles. The number of primary amides is 1. The Morgan fingerprint density at radius 2 is 1.86 bits per heavy atom. The highest BCUT2D eigenvalue weighted by molar-refractivity contribution is 7.82. The first-order chi connectivity index (χ1) is 10.7. The number of thiol groups is 1. The SMILES string of the molecule is NC(=O)N(S)c1cccc(OCCCCc2ccccc2)c1. The Morgan fingerprint density at radius 3 is 2.59 bits per heavy atom. The zero-order chi connectivity index (χ0) is 15.8. The molecule has 0 heterocycles. The number of hydrogen-bond acceptors (Lipinski definition) is 3. The molecule has 0 aromatic heterocycles. The van der Waals surface area contributed by atoms with Gasteiger partial charge in [0.15, 0.2) is 0 Å². The van der Waals surface area contributed by atoms with Crippen LogP contribution in [0.4, 0.5) is 10.5 Å². The Hall–Kier alpha value is -2.14. The third-order valence-electron chi connectivity index (χ3n) is 3.24. The van der Waals surface area contributed by atoms with Crippen LogP contribution in [0.3, 0.4) is 0 Å². The first kappa shape index (κ1) is 16.2. The van der Waals surface area contributed by atoms with Crippen molar-refractivity contribution in [1.82, 2.24) is 0 Å². The number of rotatable bonds is 7. The summed E-state index contributed by atoms with van der Waals surface area (Å²) in [4.78, 5) is 11.1. The van der Waals surface area contributed by atoms with E-state index in [-0.39, 0.29) is 0 Å². The standard InChI is InChI=1S/C17H20N2O2S/c18-17(20)19(22)15-10-6-11-16(13-15)21-12-5-4-9-14-7-2-1-3-8-14/h1-3,6-8,10-11,13,22H,4-5,9,12H2,(H2,18,20). The van der Waals surface area contributed by atoms with E-state index in [4.69, 9.17) is 10.5 Å². The molecule has 22 heavy (non-hydrogen) atoms. The number of benzene rings is 2. The molecular formula is C17H20N2O2S. The number of urea groups is 1. The van der Waals surface area contributed by atoms with Gasteiger partial charge in [0.25, 0.3) is 0 Å². The van der Waals surface area contributed by atoms with E-state index in [1.165, 1.54) is 5.56 Å². The van der Waals surface area contributed by atoms with Gasteiger partial charge in [0.05, 0.1) is 12.3 Å². The molecule has 2 aromatic carbocycles. The quantitative estimate of drug-likeness (QED) is 0.603. The van der Waals surface area contributed by atoms with E-state index < -0.39 is 6.03 Å². The second kappa shape index (κ2) is 8.34. The third kappa shape index (κ3) is 5.00. The van der Waals surface area contributed by atoms with Gasteiger partial charge in [-0.3, -0.25) is 0 Å². The van der Waals surface area contributed by atoms with Crippen LogP contribution < -0.4 is 14.8 Å². The molecule has 0 saturated carbocycles. The summed E-state index contributed by atoms with van der Waals surface area (Å²) >= 11 is 4.03. The van der Waals surface area contributed by atoms with Crippen LogP contribution in [0.5, 0.6) is 5.75 Å². The number of ether oxygens (including phenoxy) is 1. The van der Waals surface area contributed by atoms with Crippen molar-refractivity contribution in [2.75, 3.05) is 10.9 Å². The van der Waals surface area contributed by atoms with Crippen LogP contribution in [-0.4, -0.2) is 12.6 Å². The van der Waals surface area contributed by atoms with Crippen molar-refractivity contribution in [2.45, 2.75) is 19.3 Å². The maximum atomic E-state index is 11.1. The summed E-state index contributed by atoms with van der Waals surface area (Å²) in [6, 6.07) is 16.9. The van der Waals surface area contributed by atoms with Gasteiger partial charge in [-0.25, -0.2) is 9.10 Å². The maximum absolute atomic E-state index is 11.1. The van der Waals surface area contributed by atoms with Crippen molar-refractivity contribution in [2.24, 2.45) is 5.73 Å². The molecule has 2 aromatic rings. The number of aryl methyl sites for hydroxylation is 1. The number of unbranched alkanes of at least 4 members (excludes halogenated alkanes) is 1. The molecule has 0 aliphatic rings. The molecule has 116 valence electrons. The number of carbonyl (C=O) groups is 1. The fourth-order valence-corrected chi connectivity index (χ4v) is 2.22. The van der Waals surface area contributed by atoms with Crippen molar-refractivity contribution in [1.29, 1.82) is 0 Å². The monoisotopic (exact) mass is 316 g/mol. The number of anilines is 1. The molecule has 2 N–H and O–H groups in total. The van der Waals surface area contributed by atoms with Crippen LogP contribution in [0.1, 0.15) is 18.4 Å². The lowest BCUT2D eigenvalue weighted by atomic mass is 10.1. The highest BCUT2D eigenvalue weighted by Gasteiger charge is 2.08. The van der Waals surface area contributed by atoms with Gasteiger partial charge in [-0.2, -0.15) is 0 Å². The largest absolute Gasteiger partial charge is 0.494 e. The van der Waals surface area contributed by atoms with Crippen LogP contribution in [0.25, 0.3) is 0 Å². The summed E-state index contributed by atoms with van der Waals surface area (Å²) in [7, 11) is 0. The predicted octanol–water partition coefficient (Wildman–Crippen LogP) is 3.82. The molecular weight excluding hydrogens is 296 g/mol. The average molecular weight is 316 g/mol. The number of nitrogens with two attached hydrogens (primary N) is 1. The fraction of sp³-hybridized carbons (Fsp3) is 0.235. The van der Waals surface area contributed by atoms with Crippen molar-refractivity contribution in [3.63, 3.8) is 0 Å². The molecule has 0 radical (unpaired) electrons. The smallest absolute Gasteiger partial charge is 0.329 e. The molecule has 2 rings (SSSR count). The van der Waals surface area contributed by atoms with Crippen molar-refractivity contribution >= 4 is 24.5 Å². The van der Waals surface area contributed by atoms with Gasteiger partial charge in [-0.05, 0) is 37.0 Å². The zero-order valence-corrected chi connectivity index (χ0v) is 13.2. The highest BCUT2D eigenvalue weighted by atomic mass is 32.1. The Bertz CT molecular complexity index is 605. The second-order valence-corrected chi connectivity index (χ2v) is 5.34. The molecule has 0 bridgehead atoms. The minimum Gasteiger partial charge on any atom is -0.494 e. The summed E-state index contributed by atoms with van der Waals surface area (Å²) in [6.45, 7) is 0.638. The summed E-state index contributed by atoms with van der Waals surface area (Å²) in [6.07, 6.45) is 3.10. The van der Waals surface area contributed by atoms with E-state index in [2.05, 4.69) is 37.1 Å². The van der Waals surface area contributed by atoms with E-state index in [0.29, 0.717) is 18.0 Å². The number of hydrogen-bond donors (Lipinski definition) is 2. The van der Waals surface area contributed by atoms with Crippen LogP contribution >= 0.6 is 12.8 Å². The predicted molar refractivity (Wildman–Crippen MR) is 92.4 cm³/mol. The summed E-state index contributed by atoms with van der Waals surface area (Å²) < 4.78 is 6.79. The first-order valence-electron chi connectivity index (χ1n) is 7.22. The molecule has 0 saturated heterocycles. The van der Waals surface area contributed by atoms with Gasteiger partial charge in [-0.15, -0.1) is 0 Å². The Kier molecular flexibility index (Phi) is 6.15. The molecule has 5 heteroatoms. The molecule has 4 nitrogen and oxygen atoms in total. The van der Waals surface area contributed by atoms with Crippen LogP contribution in [0, 0.1) is 0 Å². The van der Waals surface area contributed by atoms with Gasteiger partial charge < -0.3 is 10.5 Å². The van der Waals surface area contributed by atoms with Gasteiger partial charge in [-0.1, -0.05) is 49.2 Å². The summed E-state index contributed by atoms with van der Waals surface area (Å²) in [5, 5.41) is 0. The second-order valence-electron chi connectivity index (χ2n) is 4.94. The third-order valence-corrected chi connectivity index (χ3v) is 3.67. The normalized spacial score (nSPS) is 10.2. The Labute approximate surface area is 136 Å². The van der Waals surface area contributed by atoms with Crippen molar-refractivity contribution < 1.29 is 9.53 Å². The van der Waals surface area contributed by atoms with Crippen LogP contribution in [0.2, 0.25) is 0 Å². The Balaban J connectivity index is 1.75. The molecule has 0 aliphatic heterocycles. The summed E-state index contributed by atoms with van der Waals surface area (Å²) in [5.74, 6) is 0.706. The van der Waals surface area contributed by atoms with E-state index >= 15 is 0 Å². The topological polar surface area (TPSA) is 55.6 Å². The average Bonchev–Trinajstić information content (AvgIpc) is 2.55. The van der Waals surface area contributed by atoms with Crippen molar-refractivity contribution in [3.8, 4) is 5.75 Å². The molecule has 2 amide bonds. The highest BCUT2D eigenvalue weighted by Crippen LogP contribution is 2.22. The van der Waals surface area contributed by atoms with Gasteiger partial charge >= 0.3 is 6.03 Å². The van der Waals surface area contributed by atoms with Gasteiger partial charge in [0, 0.05) is 6.07 Å². The fourth-order valence-electron chi connectivity index (χ4n) is 2.10. The van der Waals surface area contributed by atoms with Crippen LogP contribution in [-0.2, 0) is 6.42 Å². The lowest BCUT2D eigenvalue weighted by molar-refractivity contribution is 0.257. The first-order valence-corrected chi connectivity index (χ1v) is 7.62. The van der Waals surface area contributed by atoms with Gasteiger partial charge in [0.2, 0.25) is 0 Å². The van der Waals surface area contributed by atoms with E-state index in [9.17, 15) is 4.79 Å². The van der Waals surface area contributed by atoms with Crippen molar-refractivity contribution in [3.05, 3.63) is 60.2 Å². The molecule has 0 fully saturated rings. The lowest BCUT2D eigenvalue weighted by Crippen LogP contribution is -2.27. The number of amides is 2. The number of nitrogens with zero attached hydrogens (tertiary/aromatic N) is 1. The van der Waals surface area contributed by atoms with Crippen LogP contribution in [0.15, 0.2) is 54.6 Å². The van der Waals surface area contributed by atoms with E-state index in [1.807, 2.05) is 12.1 Å². The lowest BCUT2D eigenvalue weighted by Gasteiger charge is -2.14. The molecule has 0 unspecified atom stereocenters. The summed E-state index contributed by atoms with van der Waals surface area (Å²) in [5.41, 5.74) is 7.12. The minimum absolute atomic E-state index is 0.595. The molecule has 0 atom stereocenters. The van der Waals surface area contributed by atoms with E-state index in [1.54, 1.807) is 18.2 Å². The Morgan fingerprint density at radius 1 is 1.09 bits per heavy atom. The minimum atomic E-state index is -0.622. The molecule has 0 spiro atoms.